The van der Waals surface area contributed by atoms with Crippen molar-refractivity contribution in [2.24, 2.45) is 0 Å². The van der Waals surface area contributed by atoms with Gasteiger partial charge in [0.2, 0.25) is 0 Å². The number of rotatable bonds is 3. The first-order valence-electron chi connectivity index (χ1n) is 6.26. The highest BCUT2D eigenvalue weighted by molar-refractivity contribution is 9.10. The maximum Gasteiger partial charge on any atom is 0.325 e. The van der Waals surface area contributed by atoms with E-state index in [1.54, 1.807) is 12.4 Å². The van der Waals surface area contributed by atoms with E-state index in [4.69, 9.17) is 0 Å². The van der Waals surface area contributed by atoms with Crippen LogP contribution in [-0.4, -0.2) is 34.0 Å². The molecule has 2 rings (SSSR count). The van der Waals surface area contributed by atoms with E-state index in [1.165, 1.54) is 12.8 Å². The van der Waals surface area contributed by atoms with Gasteiger partial charge in [0.05, 0.1) is 0 Å². The quantitative estimate of drug-likeness (QED) is 0.932. The number of aliphatic carboxylic acids is 1. The van der Waals surface area contributed by atoms with Crippen LogP contribution in [0.1, 0.15) is 37.3 Å². The molecule has 0 bridgehead atoms. The number of likely N-dealkylation sites (tertiary alicyclic amines) is 1. The summed E-state index contributed by atoms with van der Waals surface area (Å²) in [4.78, 5) is 17.7. The first kappa shape index (κ1) is 13.5. The molecular formula is C13H17BrN2O2. The van der Waals surface area contributed by atoms with E-state index in [-0.39, 0.29) is 0 Å². The molecule has 0 saturated carbocycles. The third-order valence-electron chi connectivity index (χ3n) is 3.28. The SMILES string of the molecule is O=C(O)C(c1cncc(Br)c1)N1CCCCCC1. The van der Waals surface area contributed by atoms with Crippen LogP contribution in [0.3, 0.4) is 0 Å². The van der Waals surface area contributed by atoms with Gasteiger partial charge in [0.15, 0.2) is 0 Å². The number of carboxylic acid groups (broad SMARTS) is 1. The molecule has 1 saturated heterocycles. The van der Waals surface area contributed by atoms with Crippen LogP contribution >= 0.6 is 15.9 Å². The van der Waals surface area contributed by atoms with Crippen LogP contribution in [0.4, 0.5) is 0 Å². The summed E-state index contributed by atoms with van der Waals surface area (Å²) in [5, 5.41) is 9.48. The largest absolute Gasteiger partial charge is 0.480 e. The van der Waals surface area contributed by atoms with E-state index in [2.05, 4.69) is 25.8 Å². The Kier molecular flexibility index (Phi) is 4.72. The summed E-state index contributed by atoms with van der Waals surface area (Å²) in [6, 6.07) is 1.27. The second-order valence-electron chi connectivity index (χ2n) is 4.63. The standard InChI is InChI=1S/C13H17BrN2O2/c14-11-7-10(8-15-9-11)12(13(17)18)16-5-3-1-2-4-6-16/h7-9,12H,1-6H2,(H,17,18). The highest BCUT2D eigenvalue weighted by Crippen LogP contribution is 2.25. The van der Waals surface area contributed by atoms with Crippen LogP contribution in [0.5, 0.6) is 0 Å². The minimum atomic E-state index is -0.795. The predicted octanol–water partition coefficient (Wildman–Crippen LogP) is 2.85. The molecule has 1 unspecified atom stereocenters. The van der Waals surface area contributed by atoms with Crippen LogP contribution in [0, 0.1) is 0 Å². The molecule has 0 radical (unpaired) electrons. The van der Waals surface area contributed by atoms with Crippen LogP contribution in [0.15, 0.2) is 22.9 Å². The van der Waals surface area contributed by atoms with Crippen molar-refractivity contribution >= 4 is 21.9 Å². The molecule has 1 aliphatic heterocycles. The molecule has 98 valence electrons. The number of carbonyl (C=O) groups is 1. The lowest BCUT2D eigenvalue weighted by Gasteiger charge is -2.27. The van der Waals surface area contributed by atoms with E-state index in [0.717, 1.165) is 36.0 Å². The Morgan fingerprint density at radius 1 is 1.28 bits per heavy atom. The number of pyridine rings is 1. The van der Waals surface area contributed by atoms with Gasteiger partial charge in [0, 0.05) is 16.9 Å². The van der Waals surface area contributed by atoms with Crippen LogP contribution in [0.25, 0.3) is 0 Å². The fourth-order valence-electron chi connectivity index (χ4n) is 2.44. The maximum absolute atomic E-state index is 11.5. The molecule has 1 aliphatic rings. The average molecular weight is 313 g/mol. The zero-order valence-corrected chi connectivity index (χ0v) is 11.8. The summed E-state index contributed by atoms with van der Waals surface area (Å²) in [5.74, 6) is -0.795. The van der Waals surface area contributed by atoms with Crippen LogP contribution < -0.4 is 0 Å². The zero-order chi connectivity index (χ0) is 13.0. The van der Waals surface area contributed by atoms with Crippen molar-refractivity contribution in [3.8, 4) is 0 Å². The third kappa shape index (κ3) is 3.29. The maximum atomic E-state index is 11.5. The number of aromatic nitrogens is 1. The predicted molar refractivity (Wildman–Crippen MR) is 72.4 cm³/mol. The molecule has 1 aromatic heterocycles. The first-order valence-corrected chi connectivity index (χ1v) is 7.05. The van der Waals surface area contributed by atoms with Gasteiger partial charge in [-0.15, -0.1) is 0 Å². The molecule has 2 heterocycles. The van der Waals surface area contributed by atoms with Gasteiger partial charge < -0.3 is 5.11 Å². The van der Waals surface area contributed by atoms with Crippen molar-refractivity contribution in [2.45, 2.75) is 31.7 Å². The summed E-state index contributed by atoms with van der Waals surface area (Å²) < 4.78 is 0.820. The molecule has 1 atom stereocenters. The van der Waals surface area contributed by atoms with Crippen LogP contribution in [0.2, 0.25) is 0 Å². The Balaban J connectivity index is 2.24. The number of hydrogen-bond acceptors (Lipinski definition) is 3. The van der Waals surface area contributed by atoms with Gasteiger partial charge >= 0.3 is 5.97 Å². The summed E-state index contributed by atoms with van der Waals surface area (Å²) in [5.41, 5.74) is 0.749. The number of nitrogens with zero attached hydrogens (tertiary/aromatic N) is 2. The van der Waals surface area contributed by atoms with Gasteiger partial charge in [-0.3, -0.25) is 14.7 Å². The lowest BCUT2D eigenvalue weighted by molar-refractivity contribution is -0.143. The van der Waals surface area contributed by atoms with Gasteiger partial charge in [-0.2, -0.15) is 0 Å². The van der Waals surface area contributed by atoms with Crippen molar-refractivity contribution < 1.29 is 9.90 Å². The molecule has 0 aliphatic carbocycles. The van der Waals surface area contributed by atoms with Gasteiger partial charge in [-0.05, 0) is 53.5 Å². The fraction of sp³-hybridized carbons (Fsp3) is 0.538. The monoisotopic (exact) mass is 312 g/mol. The van der Waals surface area contributed by atoms with Gasteiger partial charge in [0.25, 0.3) is 0 Å². The Hall–Kier alpha value is -0.940. The summed E-state index contributed by atoms with van der Waals surface area (Å²) in [7, 11) is 0. The fourth-order valence-corrected chi connectivity index (χ4v) is 2.82. The average Bonchev–Trinajstić information content (AvgIpc) is 2.58. The minimum Gasteiger partial charge on any atom is -0.480 e. The molecule has 1 N–H and O–H groups in total. The molecule has 0 aromatic carbocycles. The molecule has 5 heteroatoms. The van der Waals surface area contributed by atoms with E-state index < -0.39 is 12.0 Å². The molecule has 0 amide bonds. The van der Waals surface area contributed by atoms with E-state index >= 15 is 0 Å². The lowest BCUT2D eigenvalue weighted by atomic mass is 10.1. The number of carboxylic acids is 1. The second-order valence-corrected chi connectivity index (χ2v) is 5.54. The molecule has 1 aromatic rings. The molecule has 18 heavy (non-hydrogen) atoms. The Morgan fingerprint density at radius 2 is 1.94 bits per heavy atom. The minimum absolute atomic E-state index is 0.576. The first-order chi connectivity index (χ1) is 8.68. The Labute approximate surface area is 115 Å². The van der Waals surface area contributed by atoms with E-state index in [9.17, 15) is 9.90 Å². The Morgan fingerprint density at radius 3 is 2.50 bits per heavy atom. The zero-order valence-electron chi connectivity index (χ0n) is 10.2. The summed E-state index contributed by atoms with van der Waals surface area (Å²) in [6.45, 7) is 1.70. The molecule has 0 spiro atoms. The van der Waals surface area contributed by atoms with Gasteiger partial charge in [-0.1, -0.05) is 12.8 Å². The van der Waals surface area contributed by atoms with Gasteiger partial charge in [-0.25, -0.2) is 0 Å². The Bertz CT molecular complexity index is 417. The van der Waals surface area contributed by atoms with Gasteiger partial charge in [0.1, 0.15) is 6.04 Å². The normalized spacial score (nSPS) is 19.2. The van der Waals surface area contributed by atoms with E-state index in [0.29, 0.717) is 0 Å². The molecular weight excluding hydrogens is 296 g/mol. The highest BCUT2D eigenvalue weighted by Gasteiger charge is 2.28. The lowest BCUT2D eigenvalue weighted by Crippen LogP contribution is -2.35. The van der Waals surface area contributed by atoms with Crippen molar-refractivity contribution in [3.63, 3.8) is 0 Å². The smallest absolute Gasteiger partial charge is 0.325 e. The van der Waals surface area contributed by atoms with Crippen LogP contribution in [-0.2, 0) is 4.79 Å². The second kappa shape index (κ2) is 6.29. The summed E-state index contributed by atoms with van der Waals surface area (Å²) >= 11 is 3.35. The van der Waals surface area contributed by atoms with Crippen molar-refractivity contribution in [3.05, 3.63) is 28.5 Å². The molecule has 1 fully saturated rings. The van der Waals surface area contributed by atoms with Crippen molar-refractivity contribution in [1.29, 1.82) is 0 Å². The van der Waals surface area contributed by atoms with Crippen molar-refractivity contribution in [2.75, 3.05) is 13.1 Å². The molecule has 4 nitrogen and oxygen atoms in total. The highest BCUT2D eigenvalue weighted by atomic mass is 79.9. The number of hydrogen-bond donors (Lipinski definition) is 1. The third-order valence-corrected chi connectivity index (χ3v) is 3.72. The van der Waals surface area contributed by atoms with E-state index in [1.807, 2.05) is 6.07 Å². The van der Waals surface area contributed by atoms with Crippen molar-refractivity contribution in [1.82, 2.24) is 9.88 Å². The summed E-state index contributed by atoms with van der Waals surface area (Å²) in [6.07, 6.45) is 7.86. The topological polar surface area (TPSA) is 53.4 Å². The number of halogens is 1.